The second-order valence-corrected chi connectivity index (χ2v) is 14.6. The van der Waals surface area contributed by atoms with Crippen molar-refractivity contribution < 1.29 is 37.0 Å². The molecule has 1 saturated carbocycles. The number of methoxy groups -OCH3 is 4. The molecule has 13 heteroatoms. The summed E-state index contributed by atoms with van der Waals surface area (Å²) in [7, 11) is 1.96. The molecule has 3 aromatic rings. The molecule has 262 valence electrons. The molecule has 5 rings (SSSR count). The van der Waals surface area contributed by atoms with Crippen LogP contribution < -0.4 is 14.2 Å². The lowest BCUT2D eigenvalue weighted by atomic mass is 9.63. The van der Waals surface area contributed by atoms with Crippen LogP contribution >= 0.6 is 11.6 Å². The van der Waals surface area contributed by atoms with Crippen LogP contribution in [-0.4, -0.2) is 59.0 Å². The Morgan fingerprint density at radius 3 is 2.04 bits per heavy atom. The number of nitro benzene ring substituents is 1. The molecule has 1 unspecified atom stereocenters. The molecule has 1 fully saturated rings. The van der Waals surface area contributed by atoms with E-state index in [1.165, 1.54) is 16.4 Å². The first kappa shape index (κ1) is 36.3. The quantitative estimate of drug-likeness (QED) is 0.0910. The number of nitrogens with zero attached hydrogens (tertiary/aromatic N) is 2. The highest BCUT2D eigenvalue weighted by atomic mass is 35.5. The van der Waals surface area contributed by atoms with Gasteiger partial charge in [0.05, 0.1) is 29.5 Å². The summed E-state index contributed by atoms with van der Waals surface area (Å²) in [4.78, 5) is 11.6. The van der Waals surface area contributed by atoms with Crippen molar-refractivity contribution >= 4 is 27.3 Å². The van der Waals surface area contributed by atoms with Gasteiger partial charge >= 0.3 is 5.69 Å². The summed E-state index contributed by atoms with van der Waals surface area (Å²) in [6.45, 7) is 0.0370. The molecule has 2 aliphatic rings. The first-order valence-corrected chi connectivity index (χ1v) is 17.7. The first-order chi connectivity index (χ1) is 23.5. The van der Waals surface area contributed by atoms with Gasteiger partial charge in [-0.05, 0) is 78.8 Å². The lowest BCUT2D eigenvalue weighted by molar-refractivity contribution is -0.386. The zero-order valence-corrected chi connectivity index (χ0v) is 29.5. The van der Waals surface area contributed by atoms with E-state index in [0.717, 1.165) is 29.5 Å². The normalized spacial score (nSPS) is 19.2. The molecule has 49 heavy (non-hydrogen) atoms. The van der Waals surface area contributed by atoms with Crippen molar-refractivity contribution in [3.63, 3.8) is 0 Å². The van der Waals surface area contributed by atoms with Crippen molar-refractivity contribution in [2.45, 2.75) is 50.0 Å². The van der Waals surface area contributed by atoms with E-state index in [0.29, 0.717) is 35.5 Å². The Bertz CT molecular complexity index is 1740. The molecule has 0 bridgehead atoms. The summed E-state index contributed by atoms with van der Waals surface area (Å²) in [6.07, 6.45) is 6.31. The number of sulfonamides is 1. The van der Waals surface area contributed by atoms with E-state index in [4.69, 9.17) is 35.3 Å². The van der Waals surface area contributed by atoms with Gasteiger partial charge in [-0.1, -0.05) is 53.9 Å². The number of nitro groups is 1. The molecule has 0 aromatic heterocycles. The van der Waals surface area contributed by atoms with Crippen molar-refractivity contribution in [2.75, 3.05) is 35.0 Å². The highest BCUT2D eigenvalue weighted by molar-refractivity contribution is 7.89. The van der Waals surface area contributed by atoms with E-state index < -0.39 is 32.3 Å². The third-order valence-corrected chi connectivity index (χ3v) is 11.3. The van der Waals surface area contributed by atoms with Crippen molar-refractivity contribution in [3.05, 3.63) is 111 Å². The van der Waals surface area contributed by atoms with Crippen LogP contribution in [0.3, 0.4) is 0 Å². The molecule has 11 nitrogen and oxygen atoms in total. The van der Waals surface area contributed by atoms with Crippen LogP contribution in [0.4, 0.5) is 5.69 Å². The minimum absolute atomic E-state index is 0.0110. The monoisotopic (exact) mass is 712 g/mol. The maximum Gasteiger partial charge on any atom is 0.312 e. The number of fused-ring (bicyclic) bond motifs is 1. The van der Waals surface area contributed by atoms with Crippen LogP contribution in [0.15, 0.2) is 94.4 Å². The smallest absolute Gasteiger partial charge is 0.312 e. The third kappa shape index (κ3) is 7.94. The number of hydrogen-bond acceptors (Lipinski definition) is 9. The van der Waals surface area contributed by atoms with Gasteiger partial charge in [-0.25, -0.2) is 8.42 Å². The van der Waals surface area contributed by atoms with Gasteiger partial charge in [0.15, 0.2) is 12.0 Å². The van der Waals surface area contributed by atoms with Crippen molar-refractivity contribution in [1.29, 1.82) is 0 Å². The van der Waals surface area contributed by atoms with Crippen LogP contribution in [0.1, 0.15) is 36.8 Å². The number of rotatable bonds is 15. The zero-order chi connectivity index (χ0) is 35.2. The summed E-state index contributed by atoms with van der Waals surface area (Å²) < 4.78 is 58.0. The topological polar surface area (TPSA) is 127 Å². The van der Waals surface area contributed by atoms with Gasteiger partial charge in [0, 0.05) is 38.4 Å². The molecular weight excluding hydrogens is 672 g/mol. The third-order valence-electron chi connectivity index (χ3n) is 9.24. The zero-order valence-electron chi connectivity index (χ0n) is 28.0. The molecule has 0 radical (unpaired) electrons. The van der Waals surface area contributed by atoms with Gasteiger partial charge in [0.2, 0.25) is 10.0 Å². The Kier molecular flexibility index (Phi) is 11.7. The Morgan fingerprint density at radius 1 is 0.918 bits per heavy atom. The van der Waals surface area contributed by atoms with E-state index in [1.54, 1.807) is 77.0 Å². The summed E-state index contributed by atoms with van der Waals surface area (Å²) in [5.41, 5.74) is 1.27. The number of ether oxygens (including phenoxy) is 5. The van der Waals surface area contributed by atoms with Gasteiger partial charge in [0.25, 0.3) is 0 Å². The molecule has 0 spiro atoms. The Morgan fingerprint density at radius 2 is 1.51 bits per heavy atom. The molecular formula is C36H41ClN2O9S. The van der Waals surface area contributed by atoms with E-state index in [9.17, 15) is 18.5 Å². The maximum absolute atomic E-state index is 14.2. The molecule has 0 N–H and O–H groups in total. The van der Waals surface area contributed by atoms with Gasteiger partial charge in [-0.3, -0.25) is 10.1 Å². The predicted molar refractivity (Wildman–Crippen MR) is 185 cm³/mol. The summed E-state index contributed by atoms with van der Waals surface area (Å²) in [6, 6.07) is 17.8. The fourth-order valence-corrected chi connectivity index (χ4v) is 8.45. The highest BCUT2D eigenvalue weighted by Crippen LogP contribution is 2.51. The van der Waals surface area contributed by atoms with Gasteiger partial charge in [-0.2, -0.15) is 4.31 Å². The molecule has 2 aliphatic carbocycles. The van der Waals surface area contributed by atoms with Crippen molar-refractivity contribution in [3.8, 4) is 17.2 Å². The number of halogens is 1. The fourth-order valence-electron chi connectivity index (χ4n) is 6.77. The van der Waals surface area contributed by atoms with Crippen LogP contribution in [0.2, 0.25) is 0 Å². The summed E-state index contributed by atoms with van der Waals surface area (Å²) >= 11 is 6.38. The molecule has 0 heterocycles. The van der Waals surface area contributed by atoms with E-state index in [1.807, 2.05) is 12.2 Å². The van der Waals surface area contributed by atoms with Gasteiger partial charge in [0.1, 0.15) is 18.1 Å². The number of allylic oxidation sites excluding steroid dienone is 3. The second-order valence-electron chi connectivity index (χ2n) is 12.1. The van der Waals surface area contributed by atoms with Crippen molar-refractivity contribution in [1.82, 2.24) is 4.31 Å². The molecule has 0 aliphatic heterocycles. The lowest BCUT2D eigenvalue weighted by Crippen LogP contribution is -2.48. The predicted octanol–water partition coefficient (Wildman–Crippen LogP) is 7.24. The molecule has 0 amide bonds. The first-order valence-electron chi connectivity index (χ1n) is 15.8. The van der Waals surface area contributed by atoms with E-state index in [2.05, 4.69) is 0 Å². The summed E-state index contributed by atoms with van der Waals surface area (Å²) in [5.74, 6) is 1.37. The largest absolute Gasteiger partial charge is 0.497 e. The second kappa shape index (κ2) is 15.7. The van der Waals surface area contributed by atoms with Crippen molar-refractivity contribution in [2.24, 2.45) is 11.3 Å². The minimum atomic E-state index is -4.25. The fraction of sp³-hybridized carbons (Fsp3) is 0.389. The highest BCUT2D eigenvalue weighted by Gasteiger charge is 2.49. The standard InChI is InChI=1S/C36H41ClN2O9S/c1-44-29-12-7-25(8-13-29)22-38(23-26-9-14-30(45-2)15-10-26)49(42,43)31-16-18-34(33(21-31)39(40)41)48-24-36(35(46-3)47-4)19-5-6-27-20-28(37)11-17-32(27)36/h7-18,21,27,35H,5-6,19-20,22-24H2,1-4H3/t27?,36-/m0/s1. The average molecular weight is 713 g/mol. The number of benzene rings is 3. The van der Waals surface area contributed by atoms with E-state index in [-0.39, 0.29) is 36.3 Å². The molecule has 3 aromatic carbocycles. The molecule has 0 saturated heterocycles. The summed E-state index contributed by atoms with van der Waals surface area (Å²) in [5, 5.41) is 13.2. The minimum Gasteiger partial charge on any atom is -0.497 e. The lowest BCUT2D eigenvalue weighted by Gasteiger charge is -2.47. The van der Waals surface area contributed by atoms with Crippen LogP contribution in [0, 0.1) is 21.4 Å². The Hall–Kier alpha value is -3.94. The van der Waals surface area contributed by atoms with Crippen LogP contribution in [-0.2, 0) is 32.6 Å². The number of hydrogen-bond donors (Lipinski definition) is 0. The van der Waals surface area contributed by atoms with Crippen LogP contribution in [0.5, 0.6) is 17.2 Å². The maximum atomic E-state index is 14.2. The van der Waals surface area contributed by atoms with Gasteiger partial charge < -0.3 is 23.7 Å². The Balaban J connectivity index is 1.48. The van der Waals surface area contributed by atoms with E-state index >= 15 is 0 Å². The average Bonchev–Trinajstić information content (AvgIpc) is 3.11. The SMILES string of the molecule is COc1ccc(CN(Cc2ccc(OC)cc2)S(=O)(=O)c2ccc(OC[C@@]3(C(OC)OC)CCCC4CC(Cl)=CC=C43)c([N+](=O)[O-])c2)cc1. The Labute approximate surface area is 292 Å². The van der Waals surface area contributed by atoms with Gasteiger partial charge in [-0.15, -0.1) is 0 Å². The molecule has 2 atom stereocenters. The van der Waals surface area contributed by atoms with Crippen LogP contribution in [0.25, 0.3) is 0 Å².